The Hall–Kier alpha value is -1.43. The minimum absolute atomic E-state index is 0.185. The van der Waals surface area contributed by atoms with Gasteiger partial charge < -0.3 is 15.4 Å². The molecule has 17 heavy (non-hydrogen) atoms. The first-order valence-corrected chi connectivity index (χ1v) is 5.65. The van der Waals surface area contributed by atoms with E-state index in [1.165, 1.54) is 14.0 Å². The van der Waals surface area contributed by atoms with E-state index in [1.807, 2.05) is 0 Å². The molecule has 6 heteroatoms. The fourth-order valence-electron chi connectivity index (χ4n) is 1.78. The summed E-state index contributed by atoms with van der Waals surface area (Å²) in [5.74, 6) is -1.61. The van der Waals surface area contributed by atoms with Crippen LogP contribution in [0.15, 0.2) is 0 Å². The van der Waals surface area contributed by atoms with Crippen molar-refractivity contribution in [1.82, 2.24) is 10.6 Å². The molecule has 0 spiro atoms. The van der Waals surface area contributed by atoms with E-state index in [1.54, 1.807) is 0 Å². The van der Waals surface area contributed by atoms with Crippen LogP contribution in [-0.4, -0.2) is 43.9 Å². The number of esters is 1. The second kappa shape index (κ2) is 6.34. The molecule has 0 saturated carbocycles. The van der Waals surface area contributed by atoms with Crippen molar-refractivity contribution in [2.75, 3.05) is 20.2 Å². The van der Waals surface area contributed by atoms with Crippen molar-refractivity contribution in [2.45, 2.75) is 25.8 Å². The van der Waals surface area contributed by atoms with E-state index in [-0.39, 0.29) is 11.8 Å². The number of carbonyl (C=O) groups excluding carboxylic acids is 3. The van der Waals surface area contributed by atoms with Gasteiger partial charge in [0.15, 0.2) is 11.8 Å². The van der Waals surface area contributed by atoms with Crippen LogP contribution in [0.5, 0.6) is 0 Å². The van der Waals surface area contributed by atoms with Crippen LogP contribution in [0.1, 0.15) is 19.8 Å². The summed E-state index contributed by atoms with van der Waals surface area (Å²) in [7, 11) is 1.19. The Bertz CT molecular complexity index is 311. The van der Waals surface area contributed by atoms with Crippen molar-refractivity contribution >= 4 is 17.7 Å². The second-order valence-electron chi connectivity index (χ2n) is 4.12. The third-order valence-corrected chi connectivity index (χ3v) is 2.80. The van der Waals surface area contributed by atoms with E-state index < -0.39 is 17.8 Å². The van der Waals surface area contributed by atoms with Crippen LogP contribution < -0.4 is 10.6 Å². The van der Waals surface area contributed by atoms with Gasteiger partial charge in [0, 0.05) is 6.54 Å². The summed E-state index contributed by atoms with van der Waals surface area (Å²) in [6.07, 6.45) is 1.69. The van der Waals surface area contributed by atoms with Gasteiger partial charge >= 0.3 is 5.97 Å². The number of methoxy groups -OCH3 is 1. The summed E-state index contributed by atoms with van der Waals surface area (Å²) in [4.78, 5) is 34.4. The lowest BCUT2D eigenvalue weighted by atomic mass is 9.98. The van der Waals surface area contributed by atoms with Crippen molar-refractivity contribution < 1.29 is 19.1 Å². The molecule has 0 bridgehead atoms. The lowest BCUT2D eigenvalue weighted by molar-refractivity contribution is -0.148. The Morgan fingerprint density at radius 3 is 2.59 bits per heavy atom. The van der Waals surface area contributed by atoms with Crippen LogP contribution in [0.3, 0.4) is 0 Å². The van der Waals surface area contributed by atoms with Crippen LogP contribution in [0.25, 0.3) is 0 Å². The maximum atomic E-state index is 11.8. The van der Waals surface area contributed by atoms with Gasteiger partial charge in [-0.25, -0.2) is 4.79 Å². The first kappa shape index (κ1) is 13.6. The molecule has 0 radical (unpaired) electrons. The van der Waals surface area contributed by atoms with Crippen molar-refractivity contribution in [3.05, 3.63) is 0 Å². The van der Waals surface area contributed by atoms with Gasteiger partial charge in [0.1, 0.15) is 0 Å². The molecule has 1 rings (SSSR count). The van der Waals surface area contributed by atoms with Crippen LogP contribution in [0.4, 0.5) is 0 Å². The van der Waals surface area contributed by atoms with Gasteiger partial charge in [0.05, 0.1) is 13.0 Å². The largest absolute Gasteiger partial charge is 0.467 e. The summed E-state index contributed by atoms with van der Waals surface area (Å²) in [6, 6.07) is -1.19. The summed E-state index contributed by atoms with van der Waals surface area (Å²) in [5, 5.41) is 5.53. The molecular weight excluding hydrogens is 224 g/mol. The van der Waals surface area contributed by atoms with E-state index in [0.717, 1.165) is 19.4 Å². The van der Waals surface area contributed by atoms with Crippen molar-refractivity contribution in [3.63, 3.8) is 0 Å². The Balaban J connectivity index is 2.57. The molecule has 1 heterocycles. The fourth-order valence-corrected chi connectivity index (χ4v) is 1.78. The van der Waals surface area contributed by atoms with E-state index in [2.05, 4.69) is 15.4 Å². The zero-order valence-corrected chi connectivity index (χ0v) is 10.1. The predicted molar refractivity (Wildman–Crippen MR) is 60.2 cm³/mol. The zero-order chi connectivity index (χ0) is 12.8. The number of carbonyl (C=O) groups is 3. The molecule has 1 amide bonds. The number of ether oxygens (including phenoxy) is 1. The third-order valence-electron chi connectivity index (χ3n) is 2.80. The van der Waals surface area contributed by atoms with Crippen molar-refractivity contribution in [1.29, 1.82) is 0 Å². The van der Waals surface area contributed by atoms with Crippen LogP contribution in [0, 0.1) is 5.92 Å². The maximum Gasteiger partial charge on any atom is 0.336 e. The molecule has 96 valence electrons. The van der Waals surface area contributed by atoms with E-state index in [9.17, 15) is 14.4 Å². The Labute approximate surface area is 100 Å². The molecule has 0 aromatic rings. The SMILES string of the molecule is COC(=O)C(NC(=O)C1CCCNC1)C(C)=O. The highest BCUT2D eigenvalue weighted by Crippen LogP contribution is 2.10. The number of rotatable bonds is 4. The lowest BCUT2D eigenvalue weighted by Crippen LogP contribution is -2.50. The molecule has 1 aliphatic heterocycles. The Morgan fingerprint density at radius 2 is 2.12 bits per heavy atom. The van der Waals surface area contributed by atoms with Gasteiger partial charge in [0.25, 0.3) is 0 Å². The summed E-state index contributed by atoms with van der Waals surface area (Å²) < 4.78 is 4.47. The standard InChI is InChI=1S/C11H18N2O4/c1-7(14)9(11(16)17-2)13-10(15)8-4-3-5-12-6-8/h8-9,12H,3-6H2,1-2H3,(H,13,15). The molecule has 0 aliphatic carbocycles. The first-order chi connectivity index (χ1) is 8.06. The highest BCUT2D eigenvalue weighted by molar-refractivity contribution is 6.04. The number of Topliss-reactive ketones (excluding diaryl/α,β-unsaturated/α-hetero) is 1. The molecule has 2 unspecified atom stereocenters. The first-order valence-electron chi connectivity index (χ1n) is 5.65. The van der Waals surface area contributed by atoms with Gasteiger partial charge in [-0.2, -0.15) is 0 Å². The minimum atomic E-state index is -1.19. The molecule has 1 saturated heterocycles. The van der Waals surface area contributed by atoms with Crippen LogP contribution >= 0.6 is 0 Å². The number of amides is 1. The van der Waals surface area contributed by atoms with Crippen LogP contribution in [-0.2, 0) is 19.1 Å². The molecular formula is C11H18N2O4. The van der Waals surface area contributed by atoms with Crippen LogP contribution in [0.2, 0.25) is 0 Å². The zero-order valence-electron chi connectivity index (χ0n) is 10.1. The molecule has 6 nitrogen and oxygen atoms in total. The minimum Gasteiger partial charge on any atom is -0.467 e. The number of hydrogen-bond donors (Lipinski definition) is 2. The highest BCUT2D eigenvalue weighted by Gasteiger charge is 2.29. The molecule has 1 aliphatic rings. The van der Waals surface area contributed by atoms with Gasteiger partial charge in [0.2, 0.25) is 5.91 Å². The highest BCUT2D eigenvalue weighted by atomic mass is 16.5. The molecule has 0 aromatic heterocycles. The number of hydrogen-bond acceptors (Lipinski definition) is 5. The average Bonchev–Trinajstić information content (AvgIpc) is 2.35. The van der Waals surface area contributed by atoms with Gasteiger partial charge in [-0.05, 0) is 26.3 Å². The summed E-state index contributed by atoms with van der Waals surface area (Å²) >= 11 is 0. The lowest BCUT2D eigenvalue weighted by Gasteiger charge is -2.23. The third kappa shape index (κ3) is 3.81. The van der Waals surface area contributed by atoms with Gasteiger partial charge in [-0.1, -0.05) is 0 Å². The van der Waals surface area contributed by atoms with Crippen molar-refractivity contribution in [3.8, 4) is 0 Å². The van der Waals surface area contributed by atoms with Crippen molar-refractivity contribution in [2.24, 2.45) is 5.92 Å². The summed E-state index contributed by atoms with van der Waals surface area (Å²) in [6.45, 7) is 2.73. The molecule has 0 aromatic carbocycles. The second-order valence-corrected chi connectivity index (χ2v) is 4.12. The average molecular weight is 242 g/mol. The van der Waals surface area contributed by atoms with Gasteiger partial charge in [-0.3, -0.25) is 9.59 Å². The number of piperidine rings is 1. The predicted octanol–water partition coefficient (Wildman–Crippen LogP) is -0.767. The number of nitrogens with one attached hydrogen (secondary N) is 2. The Morgan fingerprint density at radius 1 is 1.41 bits per heavy atom. The molecule has 2 atom stereocenters. The molecule has 2 N–H and O–H groups in total. The smallest absolute Gasteiger partial charge is 0.336 e. The number of ketones is 1. The molecule has 1 fully saturated rings. The van der Waals surface area contributed by atoms with E-state index in [0.29, 0.717) is 6.54 Å². The Kier molecular flexibility index (Phi) is 5.09. The quantitative estimate of drug-likeness (QED) is 0.499. The topological polar surface area (TPSA) is 84.5 Å². The fraction of sp³-hybridized carbons (Fsp3) is 0.727. The summed E-state index contributed by atoms with van der Waals surface area (Å²) in [5.41, 5.74) is 0. The normalized spacial score (nSPS) is 21.4. The van der Waals surface area contributed by atoms with E-state index in [4.69, 9.17) is 0 Å². The van der Waals surface area contributed by atoms with E-state index >= 15 is 0 Å². The monoisotopic (exact) mass is 242 g/mol. The van der Waals surface area contributed by atoms with Gasteiger partial charge in [-0.15, -0.1) is 0 Å². The maximum absolute atomic E-state index is 11.8.